The largest absolute Gasteiger partial charge is 0.159 e. The molecule has 0 aliphatic heterocycles. The number of hydrogen-bond donors (Lipinski definition) is 0. The van der Waals surface area contributed by atoms with E-state index in [0.29, 0.717) is 0 Å². The Morgan fingerprint density at radius 3 is 2.67 bits per heavy atom. The summed E-state index contributed by atoms with van der Waals surface area (Å²) in [7, 11) is 0. The SMILES string of the molecule is CCC(C)SCCCBr. The highest BCUT2D eigenvalue weighted by molar-refractivity contribution is 9.09. The van der Waals surface area contributed by atoms with E-state index in [-0.39, 0.29) is 0 Å². The van der Waals surface area contributed by atoms with E-state index < -0.39 is 0 Å². The molecule has 0 aromatic heterocycles. The van der Waals surface area contributed by atoms with Crippen LogP contribution >= 0.6 is 27.7 Å². The van der Waals surface area contributed by atoms with Crippen molar-refractivity contribution in [1.29, 1.82) is 0 Å². The van der Waals surface area contributed by atoms with Crippen LogP contribution in [0, 0.1) is 0 Å². The molecule has 0 N–H and O–H groups in total. The van der Waals surface area contributed by atoms with E-state index in [9.17, 15) is 0 Å². The quantitative estimate of drug-likeness (QED) is 0.496. The first kappa shape index (κ1) is 9.83. The van der Waals surface area contributed by atoms with Crippen molar-refractivity contribution in [3.63, 3.8) is 0 Å². The van der Waals surface area contributed by atoms with Crippen LogP contribution in [-0.4, -0.2) is 16.3 Å². The Labute approximate surface area is 70.9 Å². The summed E-state index contributed by atoms with van der Waals surface area (Å²) in [6, 6.07) is 0. The van der Waals surface area contributed by atoms with Crippen LogP contribution in [0.4, 0.5) is 0 Å². The zero-order valence-electron chi connectivity index (χ0n) is 6.19. The minimum Gasteiger partial charge on any atom is -0.159 e. The number of rotatable bonds is 5. The van der Waals surface area contributed by atoms with Gasteiger partial charge in [0.2, 0.25) is 0 Å². The Morgan fingerprint density at radius 1 is 1.56 bits per heavy atom. The van der Waals surface area contributed by atoms with Crippen molar-refractivity contribution in [3.05, 3.63) is 0 Å². The lowest BCUT2D eigenvalue weighted by molar-refractivity contribution is 0.903. The van der Waals surface area contributed by atoms with Gasteiger partial charge in [-0.3, -0.25) is 0 Å². The molecule has 0 aliphatic carbocycles. The van der Waals surface area contributed by atoms with Gasteiger partial charge in [0.25, 0.3) is 0 Å². The number of hydrogen-bond acceptors (Lipinski definition) is 1. The van der Waals surface area contributed by atoms with E-state index in [4.69, 9.17) is 0 Å². The van der Waals surface area contributed by atoms with E-state index in [0.717, 1.165) is 10.6 Å². The van der Waals surface area contributed by atoms with Gasteiger partial charge in [-0.05, 0) is 18.6 Å². The normalized spacial score (nSPS) is 13.7. The van der Waals surface area contributed by atoms with E-state index in [2.05, 4.69) is 41.5 Å². The number of halogens is 1. The molecule has 0 bridgehead atoms. The van der Waals surface area contributed by atoms with E-state index in [1.165, 1.54) is 18.6 Å². The van der Waals surface area contributed by atoms with Crippen LogP contribution in [-0.2, 0) is 0 Å². The fourth-order valence-corrected chi connectivity index (χ4v) is 2.06. The molecular weight excluding hydrogens is 196 g/mol. The molecule has 56 valence electrons. The van der Waals surface area contributed by atoms with Gasteiger partial charge in [0.15, 0.2) is 0 Å². The summed E-state index contributed by atoms with van der Waals surface area (Å²) in [6.07, 6.45) is 2.60. The van der Waals surface area contributed by atoms with Crippen LogP contribution < -0.4 is 0 Å². The van der Waals surface area contributed by atoms with Gasteiger partial charge in [0, 0.05) is 10.6 Å². The third-order valence-electron chi connectivity index (χ3n) is 1.26. The fourth-order valence-electron chi connectivity index (χ4n) is 0.457. The lowest BCUT2D eigenvalue weighted by atomic mass is 10.4. The molecule has 1 atom stereocenters. The smallest absolute Gasteiger partial charge is 0.00391 e. The first-order chi connectivity index (χ1) is 4.31. The standard InChI is InChI=1S/C7H15BrS/c1-3-7(2)9-6-4-5-8/h7H,3-6H2,1-2H3. The third kappa shape index (κ3) is 6.72. The summed E-state index contributed by atoms with van der Waals surface area (Å²) < 4.78 is 0. The molecule has 2 heteroatoms. The highest BCUT2D eigenvalue weighted by atomic mass is 79.9. The Kier molecular flexibility index (Phi) is 7.58. The lowest BCUT2D eigenvalue weighted by Gasteiger charge is -2.05. The molecule has 0 nitrogen and oxygen atoms in total. The molecule has 0 amide bonds. The molecular formula is C7H15BrS. The maximum atomic E-state index is 3.41. The summed E-state index contributed by atoms with van der Waals surface area (Å²) in [5, 5.41) is 2.00. The van der Waals surface area contributed by atoms with Gasteiger partial charge in [-0.25, -0.2) is 0 Å². The molecule has 0 spiro atoms. The van der Waals surface area contributed by atoms with Gasteiger partial charge in [0.05, 0.1) is 0 Å². The van der Waals surface area contributed by atoms with Crippen LogP contribution in [0.3, 0.4) is 0 Å². The zero-order chi connectivity index (χ0) is 7.11. The molecule has 0 rings (SSSR count). The molecule has 0 aromatic rings. The summed E-state index contributed by atoms with van der Waals surface area (Å²) in [5.74, 6) is 1.31. The average molecular weight is 211 g/mol. The zero-order valence-corrected chi connectivity index (χ0v) is 8.59. The highest BCUT2D eigenvalue weighted by Crippen LogP contribution is 2.14. The van der Waals surface area contributed by atoms with Gasteiger partial charge < -0.3 is 0 Å². The molecule has 1 unspecified atom stereocenters. The Morgan fingerprint density at radius 2 is 2.22 bits per heavy atom. The molecule has 0 fully saturated rings. The summed E-state index contributed by atoms with van der Waals surface area (Å²) >= 11 is 5.48. The molecule has 0 saturated carbocycles. The molecule has 0 aliphatic rings. The van der Waals surface area contributed by atoms with Crippen LogP contribution in [0.5, 0.6) is 0 Å². The van der Waals surface area contributed by atoms with Gasteiger partial charge in [-0.1, -0.05) is 29.8 Å². The van der Waals surface area contributed by atoms with Crippen molar-refractivity contribution in [3.8, 4) is 0 Å². The van der Waals surface area contributed by atoms with E-state index >= 15 is 0 Å². The van der Waals surface area contributed by atoms with Crippen molar-refractivity contribution in [2.45, 2.75) is 31.9 Å². The summed E-state index contributed by atoms with van der Waals surface area (Å²) in [4.78, 5) is 0. The lowest BCUT2D eigenvalue weighted by Crippen LogP contribution is -1.94. The van der Waals surface area contributed by atoms with Gasteiger partial charge in [0.1, 0.15) is 0 Å². The van der Waals surface area contributed by atoms with Crippen molar-refractivity contribution < 1.29 is 0 Å². The first-order valence-electron chi connectivity index (χ1n) is 3.48. The Bertz CT molecular complexity index is 56.9. The van der Waals surface area contributed by atoms with Crippen LogP contribution in [0.2, 0.25) is 0 Å². The summed E-state index contributed by atoms with van der Waals surface area (Å²) in [6.45, 7) is 4.53. The highest BCUT2D eigenvalue weighted by Gasteiger charge is 1.96. The van der Waals surface area contributed by atoms with Crippen LogP contribution in [0.15, 0.2) is 0 Å². The minimum absolute atomic E-state index is 0.851. The van der Waals surface area contributed by atoms with Crippen LogP contribution in [0.25, 0.3) is 0 Å². The monoisotopic (exact) mass is 210 g/mol. The van der Waals surface area contributed by atoms with Crippen molar-refractivity contribution in [2.24, 2.45) is 0 Å². The second-order valence-corrected chi connectivity index (χ2v) is 4.47. The van der Waals surface area contributed by atoms with Crippen molar-refractivity contribution >= 4 is 27.7 Å². The average Bonchev–Trinajstić information content (AvgIpc) is 1.89. The maximum absolute atomic E-state index is 3.41. The number of alkyl halides is 1. The second-order valence-electron chi connectivity index (χ2n) is 2.13. The minimum atomic E-state index is 0.851. The Balaban J connectivity index is 2.88. The van der Waals surface area contributed by atoms with Crippen molar-refractivity contribution in [2.75, 3.05) is 11.1 Å². The first-order valence-corrected chi connectivity index (χ1v) is 5.65. The number of thioether (sulfide) groups is 1. The Hall–Kier alpha value is 0.830. The van der Waals surface area contributed by atoms with Crippen molar-refractivity contribution in [1.82, 2.24) is 0 Å². The van der Waals surface area contributed by atoms with Gasteiger partial charge in [-0.2, -0.15) is 11.8 Å². The molecule has 0 saturated heterocycles. The molecule has 0 heterocycles. The second kappa shape index (κ2) is 6.94. The maximum Gasteiger partial charge on any atom is 0.00391 e. The van der Waals surface area contributed by atoms with E-state index in [1.54, 1.807) is 0 Å². The predicted octanol–water partition coefficient (Wildman–Crippen LogP) is 3.30. The molecule has 0 radical (unpaired) electrons. The topological polar surface area (TPSA) is 0 Å². The fraction of sp³-hybridized carbons (Fsp3) is 1.00. The van der Waals surface area contributed by atoms with E-state index in [1.807, 2.05) is 0 Å². The van der Waals surface area contributed by atoms with Gasteiger partial charge >= 0.3 is 0 Å². The molecule has 9 heavy (non-hydrogen) atoms. The predicted molar refractivity (Wildman–Crippen MR) is 50.6 cm³/mol. The third-order valence-corrected chi connectivity index (χ3v) is 3.24. The van der Waals surface area contributed by atoms with Gasteiger partial charge in [-0.15, -0.1) is 0 Å². The molecule has 0 aromatic carbocycles. The van der Waals surface area contributed by atoms with Crippen LogP contribution in [0.1, 0.15) is 26.7 Å². The summed E-state index contributed by atoms with van der Waals surface area (Å²) in [5.41, 5.74) is 0.